The van der Waals surface area contributed by atoms with Crippen molar-refractivity contribution in [3.05, 3.63) is 59.9 Å². The van der Waals surface area contributed by atoms with E-state index in [-0.39, 0.29) is 17.2 Å². The number of hydrogen-bond donors (Lipinski definition) is 2. The minimum absolute atomic E-state index is 0.119. The van der Waals surface area contributed by atoms with Crippen LogP contribution in [-0.4, -0.2) is 32.3 Å². The van der Waals surface area contributed by atoms with Crippen molar-refractivity contribution in [1.29, 1.82) is 0 Å². The molecule has 1 aromatic heterocycles. The van der Waals surface area contributed by atoms with Gasteiger partial charge in [-0.25, -0.2) is 17.9 Å². The maximum Gasteiger partial charge on any atom is 0.371 e. The van der Waals surface area contributed by atoms with E-state index >= 15 is 0 Å². The molecule has 0 bridgehead atoms. The zero-order chi connectivity index (χ0) is 18.7. The standard InChI is InChI=1S/C18H17NO5S2/c1-25-14-3-5-15(6-4-14)26(22,23)19-9-8-12-2-7-16-13(10-12)11-17(24-16)18(20)21/h2-7,10-11,19H,8-9H2,1H3,(H,20,21). The highest BCUT2D eigenvalue weighted by atomic mass is 32.2. The molecule has 3 rings (SSSR count). The summed E-state index contributed by atoms with van der Waals surface area (Å²) in [5.41, 5.74) is 1.37. The van der Waals surface area contributed by atoms with E-state index in [9.17, 15) is 13.2 Å². The van der Waals surface area contributed by atoms with Crippen molar-refractivity contribution >= 4 is 38.7 Å². The highest BCUT2D eigenvalue weighted by molar-refractivity contribution is 7.98. The van der Waals surface area contributed by atoms with Gasteiger partial charge in [-0.15, -0.1) is 11.8 Å². The van der Waals surface area contributed by atoms with Gasteiger partial charge in [0, 0.05) is 16.8 Å². The van der Waals surface area contributed by atoms with Crippen LogP contribution in [0.3, 0.4) is 0 Å². The molecule has 0 aliphatic rings. The zero-order valence-electron chi connectivity index (χ0n) is 13.9. The molecule has 0 radical (unpaired) electrons. The third-order valence-corrected chi connectivity index (χ3v) is 6.09. The van der Waals surface area contributed by atoms with E-state index in [1.807, 2.05) is 6.26 Å². The molecule has 0 fully saturated rings. The molecule has 0 spiro atoms. The van der Waals surface area contributed by atoms with E-state index in [4.69, 9.17) is 9.52 Å². The summed E-state index contributed by atoms with van der Waals surface area (Å²) in [6.45, 7) is 0.238. The van der Waals surface area contributed by atoms with E-state index in [0.29, 0.717) is 17.4 Å². The summed E-state index contributed by atoms with van der Waals surface area (Å²) in [6, 6.07) is 13.4. The number of hydrogen-bond acceptors (Lipinski definition) is 5. The minimum Gasteiger partial charge on any atom is -0.475 e. The summed E-state index contributed by atoms with van der Waals surface area (Å²) >= 11 is 1.55. The van der Waals surface area contributed by atoms with Crippen molar-refractivity contribution in [2.24, 2.45) is 0 Å². The summed E-state index contributed by atoms with van der Waals surface area (Å²) in [6.07, 6.45) is 2.41. The van der Waals surface area contributed by atoms with Crippen LogP contribution in [0, 0.1) is 0 Å². The Balaban J connectivity index is 1.66. The van der Waals surface area contributed by atoms with Gasteiger partial charge >= 0.3 is 5.97 Å². The van der Waals surface area contributed by atoms with Crippen LogP contribution in [0.4, 0.5) is 0 Å². The molecule has 0 unspecified atom stereocenters. The number of nitrogens with one attached hydrogen (secondary N) is 1. The lowest BCUT2D eigenvalue weighted by molar-refractivity contribution is 0.0665. The molecule has 0 aliphatic heterocycles. The number of carboxylic acid groups (broad SMARTS) is 1. The van der Waals surface area contributed by atoms with Gasteiger partial charge < -0.3 is 9.52 Å². The second-order valence-electron chi connectivity index (χ2n) is 5.61. The van der Waals surface area contributed by atoms with E-state index in [1.54, 1.807) is 54.2 Å². The average Bonchev–Trinajstić information content (AvgIpc) is 3.05. The van der Waals surface area contributed by atoms with Crippen molar-refractivity contribution < 1.29 is 22.7 Å². The van der Waals surface area contributed by atoms with Gasteiger partial charge in [0.25, 0.3) is 0 Å². The van der Waals surface area contributed by atoms with Crippen molar-refractivity contribution in [3.63, 3.8) is 0 Å². The van der Waals surface area contributed by atoms with E-state index in [1.165, 1.54) is 6.07 Å². The third-order valence-electron chi connectivity index (χ3n) is 3.87. The zero-order valence-corrected chi connectivity index (χ0v) is 15.6. The Hall–Kier alpha value is -2.29. The average molecular weight is 391 g/mol. The lowest BCUT2D eigenvalue weighted by atomic mass is 10.1. The van der Waals surface area contributed by atoms with E-state index < -0.39 is 16.0 Å². The first-order valence-corrected chi connectivity index (χ1v) is 10.5. The third kappa shape index (κ3) is 4.09. The van der Waals surface area contributed by atoms with Gasteiger partial charge in [0.15, 0.2) is 0 Å². The minimum atomic E-state index is -3.56. The van der Waals surface area contributed by atoms with Gasteiger partial charge in [0.05, 0.1) is 4.90 Å². The molecule has 8 heteroatoms. The molecule has 0 atom stereocenters. The molecule has 0 saturated carbocycles. The van der Waals surface area contributed by atoms with Crippen molar-refractivity contribution in [2.45, 2.75) is 16.2 Å². The lowest BCUT2D eigenvalue weighted by Crippen LogP contribution is -2.25. The largest absolute Gasteiger partial charge is 0.475 e. The summed E-state index contributed by atoms with van der Waals surface area (Å²) in [5.74, 6) is -1.24. The lowest BCUT2D eigenvalue weighted by Gasteiger charge is -2.07. The number of aromatic carboxylic acids is 1. The van der Waals surface area contributed by atoms with Crippen molar-refractivity contribution in [3.8, 4) is 0 Å². The number of rotatable bonds is 7. The molecule has 3 aromatic rings. The van der Waals surface area contributed by atoms with Crippen LogP contribution >= 0.6 is 11.8 Å². The van der Waals surface area contributed by atoms with Gasteiger partial charge in [0.2, 0.25) is 15.8 Å². The number of carboxylic acids is 1. The van der Waals surface area contributed by atoms with Gasteiger partial charge in [-0.3, -0.25) is 0 Å². The SMILES string of the molecule is CSc1ccc(S(=O)(=O)NCCc2ccc3oc(C(=O)O)cc3c2)cc1. The Morgan fingerprint density at radius 2 is 1.88 bits per heavy atom. The summed E-state index contributed by atoms with van der Waals surface area (Å²) in [5, 5.41) is 9.63. The monoisotopic (exact) mass is 391 g/mol. The number of carbonyl (C=O) groups is 1. The maximum absolute atomic E-state index is 12.3. The summed E-state index contributed by atoms with van der Waals surface area (Å²) in [4.78, 5) is 12.2. The Morgan fingerprint density at radius 3 is 2.54 bits per heavy atom. The predicted molar refractivity (Wildman–Crippen MR) is 100 cm³/mol. The Kier molecular flexibility index (Phi) is 5.36. The van der Waals surface area contributed by atoms with Crippen LogP contribution < -0.4 is 4.72 Å². The Labute approximate surface area is 155 Å². The second kappa shape index (κ2) is 7.53. The van der Waals surface area contributed by atoms with E-state index in [2.05, 4.69) is 4.72 Å². The molecular weight excluding hydrogens is 374 g/mol. The fourth-order valence-electron chi connectivity index (χ4n) is 2.52. The number of fused-ring (bicyclic) bond motifs is 1. The first kappa shape index (κ1) is 18.5. The molecule has 2 N–H and O–H groups in total. The molecule has 0 aliphatic carbocycles. The fourth-order valence-corrected chi connectivity index (χ4v) is 3.96. The number of benzene rings is 2. The van der Waals surface area contributed by atoms with Crippen LogP contribution in [-0.2, 0) is 16.4 Å². The smallest absolute Gasteiger partial charge is 0.371 e. The topological polar surface area (TPSA) is 96.6 Å². The number of furan rings is 1. The van der Waals surface area contributed by atoms with Crippen LogP contribution in [0.5, 0.6) is 0 Å². The van der Waals surface area contributed by atoms with Gasteiger partial charge in [-0.1, -0.05) is 6.07 Å². The van der Waals surface area contributed by atoms with Crippen LogP contribution in [0.25, 0.3) is 11.0 Å². The Bertz CT molecular complexity index is 1040. The molecule has 6 nitrogen and oxygen atoms in total. The highest BCUT2D eigenvalue weighted by Crippen LogP contribution is 2.21. The maximum atomic E-state index is 12.3. The molecule has 0 amide bonds. The predicted octanol–water partition coefficient (Wildman–Crippen LogP) is 3.37. The molecule has 0 saturated heterocycles. The summed E-state index contributed by atoms with van der Waals surface area (Å²) in [7, 11) is -3.56. The van der Waals surface area contributed by atoms with Crippen molar-refractivity contribution in [2.75, 3.05) is 12.8 Å². The highest BCUT2D eigenvalue weighted by Gasteiger charge is 2.14. The van der Waals surface area contributed by atoms with Crippen LogP contribution in [0.1, 0.15) is 16.1 Å². The first-order valence-electron chi connectivity index (χ1n) is 7.78. The molecule has 1 heterocycles. The van der Waals surface area contributed by atoms with E-state index in [0.717, 1.165) is 10.5 Å². The normalized spacial score (nSPS) is 11.7. The first-order chi connectivity index (χ1) is 12.4. The van der Waals surface area contributed by atoms with Gasteiger partial charge in [-0.2, -0.15) is 0 Å². The van der Waals surface area contributed by atoms with Crippen LogP contribution in [0.15, 0.2) is 62.7 Å². The number of thioether (sulfide) groups is 1. The molecule has 136 valence electrons. The molecule has 26 heavy (non-hydrogen) atoms. The summed E-state index contributed by atoms with van der Waals surface area (Å²) < 4.78 is 32.4. The fraction of sp³-hybridized carbons (Fsp3) is 0.167. The van der Waals surface area contributed by atoms with Crippen molar-refractivity contribution in [1.82, 2.24) is 4.72 Å². The van der Waals surface area contributed by atoms with Crippen LogP contribution in [0.2, 0.25) is 0 Å². The van der Waals surface area contributed by atoms with Gasteiger partial charge in [-0.05, 0) is 60.7 Å². The molecular formula is C18H17NO5S2. The quantitative estimate of drug-likeness (QED) is 0.600. The number of sulfonamides is 1. The Morgan fingerprint density at radius 1 is 1.15 bits per heavy atom. The second-order valence-corrected chi connectivity index (χ2v) is 8.26. The van der Waals surface area contributed by atoms with Gasteiger partial charge in [0.1, 0.15) is 5.58 Å². The molecule has 2 aromatic carbocycles.